The lowest BCUT2D eigenvalue weighted by Gasteiger charge is -2.26. The Morgan fingerprint density at radius 2 is 1.31 bits per heavy atom. The smallest absolute Gasteiger partial charge is 0.165 e. The first kappa shape index (κ1) is 32.5. The molecule has 0 amide bonds. The van der Waals surface area contributed by atoms with Gasteiger partial charge in [-0.15, -0.1) is 0 Å². The highest BCUT2D eigenvalue weighted by Crippen LogP contribution is 2.41. The van der Waals surface area contributed by atoms with Crippen molar-refractivity contribution in [2.45, 2.75) is 45.9 Å². The Morgan fingerprint density at radius 1 is 0.633 bits per heavy atom. The van der Waals surface area contributed by atoms with Crippen LogP contribution in [0.3, 0.4) is 0 Å². The Hall–Kier alpha value is -5.07. The van der Waals surface area contributed by atoms with Crippen LogP contribution in [0.15, 0.2) is 121 Å². The van der Waals surface area contributed by atoms with Crippen molar-refractivity contribution in [3.63, 3.8) is 0 Å². The van der Waals surface area contributed by atoms with Crippen LogP contribution in [0.5, 0.6) is 17.2 Å². The summed E-state index contributed by atoms with van der Waals surface area (Å²) in [7, 11) is 0. The lowest BCUT2D eigenvalue weighted by Crippen LogP contribution is -2.33. The van der Waals surface area contributed by atoms with Gasteiger partial charge in [-0.05, 0) is 97.6 Å². The van der Waals surface area contributed by atoms with Crippen LogP contribution in [0.1, 0.15) is 41.5 Å². The van der Waals surface area contributed by atoms with Crippen LogP contribution in [-0.2, 0) is 19.8 Å². The fourth-order valence-corrected chi connectivity index (χ4v) is 6.76. The lowest BCUT2D eigenvalue weighted by molar-refractivity contribution is 0.183. The molecule has 7 rings (SSSR count). The number of hydrogen-bond donors (Lipinski definition) is 0. The largest absolute Gasteiger partial charge is 0.492 e. The number of piperidine rings is 1. The van der Waals surface area contributed by atoms with Gasteiger partial charge in [-0.1, -0.05) is 85.3 Å². The molecule has 0 bridgehead atoms. The van der Waals surface area contributed by atoms with E-state index in [-0.39, 0.29) is 18.2 Å². The zero-order chi connectivity index (χ0) is 33.4. The van der Waals surface area contributed by atoms with Crippen molar-refractivity contribution in [2.75, 3.05) is 26.2 Å². The number of hydrogen-bond acceptors (Lipinski definition) is 4. The highest BCUT2D eigenvalue weighted by Gasteiger charge is 2.22. The third-order valence-corrected chi connectivity index (χ3v) is 9.37. The minimum Gasteiger partial charge on any atom is -0.492 e. The summed E-state index contributed by atoms with van der Waals surface area (Å²) in [4.78, 5) is 2.49. The number of rotatable bonds is 13. The maximum atomic E-state index is 15.6. The summed E-state index contributed by atoms with van der Waals surface area (Å²) >= 11 is 0. The summed E-state index contributed by atoms with van der Waals surface area (Å²) in [5.41, 5.74) is 6.92. The Morgan fingerprint density at radius 3 is 2.02 bits per heavy atom. The molecule has 49 heavy (non-hydrogen) atoms. The molecule has 0 radical (unpaired) electrons. The van der Waals surface area contributed by atoms with E-state index in [2.05, 4.69) is 64.9 Å². The summed E-state index contributed by atoms with van der Waals surface area (Å²) in [6.45, 7) is 7.41. The van der Waals surface area contributed by atoms with Gasteiger partial charge in [0.1, 0.15) is 31.3 Å². The zero-order valence-corrected chi connectivity index (χ0v) is 28.1. The van der Waals surface area contributed by atoms with Gasteiger partial charge in [0.15, 0.2) is 11.6 Å². The molecular weight excluding hydrogens is 611 g/mol. The summed E-state index contributed by atoms with van der Waals surface area (Å²) in [6, 6.07) is 39.8. The maximum absolute atomic E-state index is 15.6. The maximum Gasteiger partial charge on any atom is 0.165 e. The zero-order valence-electron chi connectivity index (χ0n) is 28.1. The van der Waals surface area contributed by atoms with Crippen molar-refractivity contribution in [1.82, 2.24) is 9.47 Å². The Balaban J connectivity index is 1.20. The summed E-state index contributed by atoms with van der Waals surface area (Å²) in [5, 5.41) is 1.05. The fourth-order valence-electron chi connectivity index (χ4n) is 6.76. The standard InChI is InChI=1S/C43H43FN2O3/c1-32-39-28-37(48-30-34-12-5-2-6-13-34)22-23-41(39)46(29-33-18-20-36(21-19-33)47-27-26-45-24-9-4-10-25-45)42(32)38-16-11-17-40(44)43(38)49-31-35-14-7-3-8-15-35/h2-3,5-8,11-23,28H,4,9-10,24-27,29-31H2,1H3. The second-order valence-electron chi connectivity index (χ2n) is 12.8. The van der Waals surface area contributed by atoms with Crippen molar-refractivity contribution in [1.29, 1.82) is 0 Å². The molecular formula is C43H43FN2O3. The van der Waals surface area contributed by atoms with Crippen LogP contribution >= 0.6 is 0 Å². The van der Waals surface area contributed by atoms with Crippen LogP contribution in [0.25, 0.3) is 22.2 Å². The molecule has 6 aromatic rings. The molecule has 0 spiro atoms. The van der Waals surface area contributed by atoms with E-state index in [1.807, 2.05) is 60.7 Å². The van der Waals surface area contributed by atoms with Gasteiger partial charge < -0.3 is 18.8 Å². The molecule has 1 aromatic heterocycles. The molecule has 0 unspecified atom stereocenters. The molecule has 0 aliphatic carbocycles. The van der Waals surface area contributed by atoms with E-state index in [1.165, 1.54) is 38.4 Å². The minimum atomic E-state index is -0.387. The van der Waals surface area contributed by atoms with E-state index in [0.717, 1.165) is 56.9 Å². The summed E-state index contributed by atoms with van der Waals surface area (Å²) in [6.07, 6.45) is 3.90. The number of aryl methyl sites for hydroxylation is 1. The van der Waals surface area contributed by atoms with Gasteiger partial charge in [0.25, 0.3) is 0 Å². The Bertz CT molecular complexity index is 1970. The first-order valence-corrected chi connectivity index (χ1v) is 17.3. The molecule has 0 saturated carbocycles. The molecule has 0 atom stereocenters. The second kappa shape index (κ2) is 15.4. The quantitative estimate of drug-likeness (QED) is 0.124. The monoisotopic (exact) mass is 654 g/mol. The van der Waals surface area contributed by atoms with E-state index in [1.54, 1.807) is 6.07 Å². The average molecular weight is 655 g/mol. The number of likely N-dealkylation sites (tertiary alicyclic amines) is 1. The highest BCUT2D eigenvalue weighted by molar-refractivity contribution is 5.93. The molecule has 6 heteroatoms. The van der Waals surface area contributed by atoms with Crippen LogP contribution in [0.4, 0.5) is 4.39 Å². The third kappa shape index (κ3) is 7.82. The fraction of sp³-hybridized carbons (Fsp3) is 0.256. The van der Waals surface area contributed by atoms with Gasteiger partial charge >= 0.3 is 0 Å². The topological polar surface area (TPSA) is 35.9 Å². The number of para-hydroxylation sites is 1. The predicted molar refractivity (Wildman–Crippen MR) is 195 cm³/mol. The molecule has 0 N–H and O–H groups in total. The normalized spacial score (nSPS) is 13.4. The van der Waals surface area contributed by atoms with Gasteiger partial charge in [0, 0.05) is 29.6 Å². The first-order chi connectivity index (χ1) is 24.1. The van der Waals surface area contributed by atoms with Crippen LogP contribution in [0, 0.1) is 12.7 Å². The minimum absolute atomic E-state index is 0.247. The molecule has 5 nitrogen and oxygen atoms in total. The average Bonchev–Trinajstić information content (AvgIpc) is 3.41. The number of halogens is 1. The highest BCUT2D eigenvalue weighted by atomic mass is 19.1. The van der Waals surface area contributed by atoms with Gasteiger partial charge in [-0.2, -0.15) is 0 Å². The molecule has 1 aliphatic heterocycles. The van der Waals surface area contributed by atoms with Crippen molar-refractivity contribution < 1.29 is 18.6 Å². The van der Waals surface area contributed by atoms with E-state index < -0.39 is 0 Å². The Labute approximate surface area is 288 Å². The number of aromatic nitrogens is 1. The summed E-state index contributed by atoms with van der Waals surface area (Å²) < 4.78 is 36.5. The van der Waals surface area contributed by atoms with Crippen LogP contribution < -0.4 is 14.2 Å². The van der Waals surface area contributed by atoms with Gasteiger partial charge in [0.2, 0.25) is 0 Å². The molecule has 250 valence electrons. The SMILES string of the molecule is Cc1c(-c2cccc(F)c2OCc2ccccc2)n(Cc2ccc(OCCN3CCCCC3)cc2)c2ccc(OCc3ccccc3)cc12. The van der Waals surface area contributed by atoms with Crippen molar-refractivity contribution in [3.05, 3.63) is 149 Å². The number of fused-ring (bicyclic) bond motifs is 1. The van der Waals surface area contributed by atoms with Crippen molar-refractivity contribution >= 4 is 10.9 Å². The van der Waals surface area contributed by atoms with E-state index in [4.69, 9.17) is 14.2 Å². The van der Waals surface area contributed by atoms with E-state index in [9.17, 15) is 0 Å². The number of nitrogens with zero attached hydrogens (tertiary/aromatic N) is 2. The predicted octanol–water partition coefficient (Wildman–Crippen LogP) is 9.83. The molecule has 5 aromatic carbocycles. The lowest BCUT2D eigenvalue weighted by atomic mass is 10.0. The number of ether oxygens (including phenoxy) is 3. The molecule has 1 aliphatic rings. The van der Waals surface area contributed by atoms with Gasteiger partial charge in [-0.25, -0.2) is 4.39 Å². The van der Waals surface area contributed by atoms with E-state index in [0.29, 0.717) is 25.3 Å². The van der Waals surface area contributed by atoms with Crippen LogP contribution in [-0.4, -0.2) is 35.7 Å². The third-order valence-electron chi connectivity index (χ3n) is 9.37. The van der Waals surface area contributed by atoms with Crippen molar-refractivity contribution in [3.8, 4) is 28.5 Å². The van der Waals surface area contributed by atoms with Crippen LogP contribution in [0.2, 0.25) is 0 Å². The molecule has 2 heterocycles. The van der Waals surface area contributed by atoms with E-state index >= 15 is 4.39 Å². The van der Waals surface area contributed by atoms with Gasteiger partial charge in [0.05, 0.1) is 5.69 Å². The number of benzene rings is 5. The first-order valence-electron chi connectivity index (χ1n) is 17.3. The molecule has 1 saturated heterocycles. The molecule has 1 fully saturated rings. The summed E-state index contributed by atoms with van der Waals surface area (Å²) in [5.74, 6) is 1.52. The Kier molecular flexibility index (Phi) is 10.2. The second-order valence-corrected chi connectivity index (χ2v) is 12.8. The van der Waals surface area contributed by atoms with Crippen molar-refractivity contribution in [2.24, 2.45) is 0 Å². The van der Waals surface area contributed by atoms with Gasteiger partial charge in [-0.3, -0.25) is 4.90 Å².